The van der Waals surface area contributed by atoms with E-state index in [9.17, 15) is 19.5 Å². The molecule has 1 amide bonds. The number of rotatable bonds is 5. The molecule has 0 saturated carbocycles. The number of hydrogen-bond donors (Lipinski definition) is 4. The van der Waals surface area contributed by atoms with E-state index in [2.05, 4.69) is 11.9 Å². The minimum atomic E-state index is -1.22. The van der Waals surface area contributed by atoms with Crippen molar-refractivity contribution in [2.24, 2.45) is 0 Å². The van der Waals surface area contributed by atoms with Crippen molar-refractivity contribution in [3.05, 3.63) is 35.9 Å². The van der Waals surface area contributed by atoms with Gasteiger partial charge in [-0.25, -0.2) is 4.79 Å². The molecule has 0 aliphatic heterocycles. The summed E-state index contributed by atoms with van der Waals surface area (Å²) in [6.07, 6.45) is -0.528. The summed E-state index contributed by atoms with van der Waals surface area (Å²) in [5.74, 6) is -3.62. The molecule has 0 aromatic heterocycles. The standard InChI is InChI=1S/C12H11NO6/c1-6(4-10(15)16)11(17)13-8-3-2-7(12(18)19)5-9(8)14/h2-3,5,14H,1,4H2,(H,13,17)(H,15,16)(H,18,19). The zero-order valence-electron chi connectivity index (χ0n) is 9.71. The van der Waals surface area contributed by atoms with Gasteiger partial charge >= 0.3 is 11.9 Å². The zero-order valence-corrected chi connectivity index (χ0v) is 9.71. The number of carbonyl (C=O) groups excluding carboxylic acids is 1. The number of aromatic carboxylic acids is 1. The lowest BCUT2D eigenvalue weighted by Gasteiger charge is -2.08. The van der Waals surface area contributed by atoms with E-state index in [0.717, 1.165) is 6.07 Å². The fourth-order valence-electron chi connectivity index (χ4n) is 1.24. The summed E-state index contributed by atoms with van der Waals surface area (Å²) >= 11 is 0. The number of carboxylic acid groups (broad SMARTS) is 2. The number of benzene rings is 1. The third-order valence-corrected chi connectivity index (χ3v) is 2.18. The number of amides is 1. The molecule has 0 radical (unpaired) electrons. The second-order valence-corrected chi connectivity index (χ2v) is 3.67. The van der Waals surface area contributed by atoms with Crippen LogP contribution in [0.5, 0.6) is 5.75 Å². The number of nitrogens with one attached hydrogen (secondary N) is 1. The van der Waals surface area contributed by atoms with E-state index in [0.29, 0.717) is 0 Å². The van der Waals surface area contributed by atoms with Gasteiger partial charge in [-0.3, -0.25) is 9.59 Å². The van der Waals surface area contributed by atoms with Gasteiger partial charge in [-0.1, -0.05) is 6.58 Å². The highest BCUT2D eigenvalue weighted by molar-refractivity contribution is 6.06. The summed E-state index contributed by atoms with van der Waals surface area (Å²) in [7, 11) is 0. The molecule has 1 rings (SSSR count). The molecule has 4 N–H and O–H groups in total. The Morgan fingerprint density at radius 3 is 2.32 bits per heavy atom. The van der Waals surface area contributed by atoms with Gasteiger partial charge < -0.3 is 20.6 Å². The minimum absolute atomic E-state index is 0.0264. The first-order valence-corrected chi connectivity index (χ1v) is 5.08. The van der Waals surface area contributed by atoms with E-state index in [4.69, 9.17) is 10.2 Å². The summed E-state index contributed by atoms with van der Waals surface area (Å²) in [4.78, 5) is 32.6. The van der Waals surface area contributed by atoms with Crippen LogP contribution < -0.4 is 5.32 Å². The second kappa shape index (κ2) is 5.67. The number of carbonyl (C=O) groups is 3. The molecule has 19 heavy (non-hydrogen) atoms. The molecular weight excluding hydrogens is 254 g/mol. The van der Waals surface area contributed by atoms with Crippen molar-refractivity contribution in [3.63, 3.8) is 0 Å². The molecule has 1 aromatic carbocycles. The molecule has 100 valence electrons. The highest BCUT2D eigenvalue weighted by Gasteiger charge is 2.14. The van der Waals surface area contributed by atoms with Gasteiger partial charge in [0, 0.05) is 5.57 Å². The molecule has 0 fully saturated rings. The van der Waals surface area contributed by atoms with Crippen LogP contribution in [0.2, 0.25) is 0 Å². The Hall–Kier alpha value is -2.83. The molecule has 0 heterocycles. The summed E-state index contributed by atoms with van der Waals surface area (Å²) in [5.41, 5.74) is -0.351. The van der Waals surface area contributed by atoms with Gasteiger partial charge in [-0.05, 0) is 18.2 Å². The average Bonchev–Trinajstić information content (AvgIpc) is 2.30. The van der Waals surface area contributed by atoms with Crippen LogP contribution in [0.3, 0.4) is 0 Å². The van der Waals surface area contributed by atoms with E-state index in [1.165, 1.54) is 12.1 Å². The monoisotopic (exact) mass is 265 g/mol. The van der Waals surface area contributed by atoms with E-state index in [-0.39, 0.29) is 16.8 Å². The number of phenols is 1. The Morgan fingerprint density at radius 1 is 1.21 bits per heavy atom. The predicted molar refractivity (Wildman–Crippen MR) is 65.1 cm³/mol. The Morgan fingerprint density at radius 2 is 1.84 bits per heavy atom. The number of phenolic OH excluding ortho intramolecular Hbond substituents is 1. The van der Waals surface area contributed by atoms with Crippen molar-refractivity contribution in [2.45, 2.75) is 6.42 Å². The second-order valence-electron chi connectivity index (χ2n) is 3.67. The first-order chi connectivity index (χ1) is 8.81. The van der Waals surface area contributed by atoms with Crippen molar-refractivity contribution in [1.82, 2.24) is 0 Å². The van der Waals surface area contributed by atoms with Gasteiger partial charge in [0.25, 0.3) is 5.91 Å². The topological polar surface area (TPSA) is 124 Å². The fourth-order valence-corrected chi connectivity index (χ4v) is 1.24. The highest BCUT2D eigenvalue weighted by atomic mass is 16.4. The molecule has 7 heteroatoms. The fraction of sp³-hybridized carbons (Fsp3) is 0.0833. The van der Waals surface area contributed by atoms with Gasteiger partial charge in [-0.2, -0.15) is 0 Å². The molecule has 0 unspecified atom stereocenters. The number of aromatic hydroxyl groups is 1. The molecule has 0 atom stereocenters. The summed E-state index contributed by atoms with van der Waals surface area (Å²) < 4.78 is 0. The van der Waals surface area contributed by atoms with E-state index < -0.39 is 30.0 Å². The lowest BCUT2D eigenvalue weighted by Crippen LogP contribution is -2.16. The minimum Gasteiger partial charge on any atom is -0.506 e. The summed E-state index contributed by atoms with van der Waals surface area (Å²) in [5, 5.41) is 29.0. The van der Waals surface area contributed by atoms with E-state index in [1.54, 1.807) is 0 Å². The third kappa shape index (κ3) is 3.84. The summed E-state index contributed by atoms with van der Waals surface area (Å²) in [6.45, 7) is 3.30. The molecule has 0 spiro atoms. The molecule has 1 aromatic rings. The maximum Gasteiger partial charge on any atom is 0.335 e. The third-order valence-electron chi connectivity index (χ3n) is 2.18. The van der Waals surface area contributed by atoms with Crippen LogP contribution in [0.4, 0.5) is 5.69 Å². The quantitative estimate of drug-likeness (QED) is 0.466. The van der Waals surface area contributed by atoms with Crippen molar-refractivity contribution >= 4 is 23.5 Å². The summed E-state index contributed by atoms with van der Waals surface area (Å²) in [6, 6.07) is 3.36. The van der Waals surface area contributed by atoms with Crippen molar-refractivity contribution in [3.8, 4) is 5.75 Å². The molecule has 0 aliphatic carbocycles. The van der Waals surface area contributed by atoms with Crippen molar-refractivity contribution in [2.75, 3.05) is 5.32 Å². The number of carboxylic acids is 2. The zero-order chi connectivity index (χ0) is 14.6. The van der Waals surface area contributed by atoms with Gasteiger partial charge in [0.1, 0.15) is 5.75 Å². The van der Waals surface area contributed by atoms with Crippen LogP contribution >= 0.6 is 0 Å². The number of aliphatic carboxylic acids is 1. The van der Waals surface area contributed by atoms with Gasteiger partial charge in [-0.15, -0.1) is 0 Å². The largest absolute Gasteiger partial charge is 0.506 e. The number of hydrogen-bond acceptors (Lipinski definition) is 4. The van der Waals surface area contributed by atoms with E-state index >= 15 is 0 Å². The predicted octanol–water partition coefficient (Wildman–Crippen LogP) is 1.06. The smallest absolute Gasteiger partial charge is 0.335 e. The Kier molecular flexibility index (Phi) is 4.25. The normalized spacial score (nSPS) is 9.68. The molecule has 7 nitrogen and oxygen atoms in total. The highest BCUT2D eigenvalue weighted by Crippen LogP contribution is 2.24. The molecule has 0 saturated heterocycles. The first-order valence-electron chi connectivity index (χ1n) is 5.08. The maximum absolute atomic E-state index is 11.5. The average molecular weight is 265 g/mol. The lowest BCUT2D eigenvalue weighted by atomic mass is 10.1. The van der Waals surface area contributed by atoms with Crippen LogP contribution in [0.15, 0.2) is 30.4 Å². The Labute approximate surface area is 107 Å². The van der Waals surface area contributed by atoms with Gasteiger partial charge in [0.2, 0.25) is 0 Å². The van der Waals surface area contributed by atoms with Gasteiger partial charge in [0.15, 0.2) is 0 Å². The molecule has 0 aliphatic rings. The Bertz CT molecular complexity index is 563. The SMILES string of the molecule is C=C(CC(=O)O)C(=O)Nc1ccc(C(=O)O)cc1O. The maximum atomic E-state index is 11.5. The molecular formula is C12H11NO6. The van der Waals surface area contributed by atoms with Crippen LogP contribution in [-0.4, -0.2) is 33.2 Å². The van der Waals surface area contributed by atoms with Crippen LogP contribution in [0, 0.1) is 0 Å². The van der Waals surface area contributed by atoms with Crippen LogP contribution in [0.1, 0.15) is 16.8 Å². The van der Waals surface area contributed by atoms with E-state index in [1.807, 2.05) is 0 Å². The van der Waals surface area contributed by atoms with Crippen LogP contribution in [0.25, 0.3) is 0 Å². The van der Waals surface area contributed by atoms with Crippen molar-refractivity contribution < 1.29 is 29.7 Å². The molecule has 0 bridgehead atoms. The first kappa shape index (κ1) is 14.2. The number of anilines is 1. The van der Waals surface area contributed by atoms with Gasteiger partial charge in [0.05, 0.1) is 17.7 Å². The van der Waals surface area contributed by atoms with Crippen molar-refractivity contribution in [1.29, 1.82) is 0 Å². The lowest BCUT2D eigenvalue weighted by molar-refractivity contribution is -0.136. The Balaban J connectivity index is 2.83. The van der Waals surface area contributed by atoms with Crippen LogP contribution in [-0.2, 0) is 9.59 Å².